The first-order chi connectivity index (χ1) is 13.4. The lowest BCUT2D eigenvalue weighted by Gasteiger charge is -2.19. The summed E-state index contributed by atoms with van der Waals surface area (Å²) in [5, 5.41) is 5.19. The van der Waals surface area contributed by atoms with Gasteiger partial charge in [-0.1, -0.05) is 0 Å². The second-order valence-electron chi connectivity index (χ2n) is 7.32. The van der Waals surface area contributed by atoms with Crippen molar-refractivity contribution in [2.24, 2.45) is 5.41 Å². The monoisotopic (exact) mass is 421 g/mol. The molecule has 29 heavy (non-hydrogen) atoms. The van der Waals surface area contributed by atoms with Gasteiger partial charge in [0, 0.05) is 24.0 Å². The Bertz CT molecular complexity index is 1020. The molecule has 7 nitrogen and oxygen atoms in total. The number of nitrogens with one attached hydrogen (secondary N) is 3. The fourth-order valence-corrected chi connectivity index (χ4v) is 3.71. The van der Waals surface area contributed by atoms with E-state index < -0.39 is 28.0 Å². The van der Waals surface area contributed by atoms with Gasteiger partial charge in [0.05, 0.1) is 10.3 Å². The van der Waals surface area contributed by atoms with E-state index in [1.807, 2.05) is 0 Å². The minimum absolute atomic E-state index is 0.0775. The van der Waals surface area contributed by atoms with Gasteiger partial charge in [0.2, 0.25) is 11.8 Å². The molecule has 0 unspecified atom stereocenters. The summed E-state index contributed by atoms with van der Waals surface area (Å²) in [5.74, 6) is -0.719. The molecule has 2 aromatic carbocycles. The molecule has 2 aromatic rings. The quantitative estimate of drug-likeness (QED) is 0.634. The Morgan fingerprint density at radius 2 is 1.52 bits per heavy atom. The maximum absolute atomic E-state index is 12.9. The fourth-order valence-electron chi connectivity index (χ4n) is 2.42. The van der Waals surface area contributed by atoms with Crippen LogP contribution in [0.5, 0.6) is 0 Å². The van der Waals surface area contributed by atoms with E-state index in [1.54, 1.807) is 13.0 Å². The first kappa shape index (κ1) is 22.4. The van der Waals surface area contributed by atoms with Crippen LogP contribution in [0.25, 0.3) is 0 Å². The third kappa shape index (κ3) is 5.77. The second kappa shape index (κ2) is 8.60. The normalized spacial score (nSPS) is 11.6. The summed E-state index contributed by atoms with van der Waals surface area (Å²) in [5.41, 5.74) is 0.556. The summed E-state index contributed by atoms with van der Waals surface area (Å²) >= 11 is 0. The lowest BCUT2D eigenvalue weighted by molar-refractivity contribution is -0.124. The largest absolute Gasteiger partial charge is 0.326 e. The van der Waals surface area contributed by atoms with Crippen LogP contribution in [-0.2, 0) is 19.6 Å². The predicted octanol–water partition coefficient (Wildman–Crippen LogP) is 3.69. The van der Waals surface area contributed by atoms with Crippen molar-refractivity contribution >= 4 is 38.9 Å². The summed E-state index contributed by atoms with van der Waals surface area (Å²) in [6.07, 6.45) is 0. The zero-order valence-electron chi connectivity index (χ0n) is 16.7. The van der Waals surface area contributed by atoms with Gasteiger partial charge in [-0.2, -0.15) is 0 Å². The Hall–Kier alpha value is -2.94. The van der Waals surface area contributed by atoms with Crippen LogP contribution in [0.3, 0.4) is 0 Å². The highest BCUT2D eigenvalue weighted by Crippen LogP contribution is 2.24. The first-order valence-electron chi connectivity index (χ1n) is 8.83. The highest BCUT2D eigenvalue weighted by atomic mass is 32.2. The molecule has 0 aliphatic heterocycles. The third-order valence-electron chi connectivity index (χ3n) is 4.13. The van der Waals surface area contributed by atoms with Crippen molar-refractivity contribution in [3.8, 4) is 0 Å². The number of benzene rings is 2. The number of amides is 2. The number of anilines is 3. The molecular weight excluding hydrogens is 397 g/mol. The summed E-state index contributed by atoms with van der Waals surface area (Å²) < 4.78 is 40.7. The van der Waals surface area contributed by atoms with E-state index in [2.05, 4.69) is 15.4 Å². The Morgan fingerprint density at radius 1 is 0.966 bits per heavy atom. The number of carbonyl (C=O) groups excluding carboxylic acids is 2. The standard InChI is InChI=1S/C20H24FN3O4S/c1-13-11-17(22-14(2)25)9-10-18(13)29(27,28)24-16-7-5-15(6-8-16)23-19(26)20(3,4)12-21/h5-11,24H,12H2,1-4H3,(H,22,25)(H,23,26). The van der Waals surface area contributed by atoms with Gasteiger partial charge in [0.1, 0.15) is 6.67 Å². The number of alkyl halides is 1. The minimum atomic E-state index is -3.85. The van der Waals surface area contributed by atoms with Crippen molar-refractivity contribution in [3.63, 3.8) is 0 Å². The molecule has 0 saturated carbocycles. The van der Waals surface area contributed by atoms with Crippen LogP contribution >= 0.6 is 0 Å². The smallest absolute Gasteiger partial charge is 0.262 e. The number of aryl methyl sites for hydroxylation is 1. The molecule has 0 saturated heterocycles. The first-order valence-corrected chi connectivity index (χ1v) is 10.3. The van der Waals surface area contributed by atoms with E-state index in [9.17, 15) is 22.4 Å². The van der Waals surface area contributed by atoms with Crippen molar-refractivity contribution < 1.29 is 22.4 Å². The molecule has 9 heteroatoms. The Balaban J connectivity index is 2.15. The van der Waals surface area contributed by atoms with E-state index in [0.29, 0.717) is 22.6 Å². The summed E-state index contributed by atoms with van der Waals surface area (Å²) in [4.78, 5) is 23.2. The van der Waals surface area contributed by atoms with Crippen molar-refractivity contribution in [2.45, 2.75) is 32.6 Å². The van der Waals surface area contributed by atoms with E-state index in [0.717, 1.165) is 0 Å². The Labute approximate surface area is 169 Å². The van der Waals surface area contributed by atoms with Crippen molar-refractivity contribution in [3.05, 3.63) is 48.0 Å². The number of sulfonamides is 1. The van der Waals surface area contributed by atoms with Gasteiger partial charge in [0.25, 0.3) is 10.0 Å². The average molecular weight is 421 g/mol. The fraction of sp³-hybridized carbons (Fsp3) is 0.300. The molecule has 3 N–H and O–H groups in total. The molecule has 156 valence electrons. The summed E-state index contributed by atoms with van der Waals surface area (Å²) in [6, 6.07) is 10.5. The zero-order chi connectivity index (χ0) is 21.8. The number of hydrogen-bond acceptors (Lipinski definition) is 4. The maximum atomic E-state index is 12.9. The van der Waals surface area contributed by atoms with E-state index in [-0.39, 0.29) is 10.8 Å². The van der Waals surface area contributed by atoms with E-state index in [1.165, 1.54) is 57.2 Å². The minimum Gasteiger partial charge on any atom is -0.326 e. The molecule has 2 rings (SSSR count). The van der Waals surface area contributed by atoms with Gasteiger partial charge in [-0.05, 0) is 68.8 Å². The maximum Gasteiger partial charge on any atom is 0.262 e. The number of carbonyl (C=O) groups is 2. The van der Waals surface area contributed by atoms with Crippen LogP contribution in [0.4, 0.5) is 21.5 Å². The highest BCUT2D eigenvalue weighted by molar-refractivity contribution is 7.92. The molecule has 0 bridgehead atoms. The molecular formula is C20H24FN3O4S. The predicted molar refractivity (Wildman–Crippen MR) is 111 cm³/mol. The van der Waals surface area contributed by atoms with Crippen LogP contribution < -0.4 is 15.4 Å². The van der Waals surface area contributed by atoms with Crippen molar-refractivity contribution in [1.82, 2.24) is 0 Å². The average Bonchev–Trinajstić information content (AvgIpc) is 2.62. The topological polar surface area (TPSA) is 104 Å². The lowest BCUT2D eigenvalue weighted by Crippen LogP contribution is -2.32. The van der Waals surface area contributed by atoms with Gasteiger partial charge < -0.3 is 10.6 Å². The number of rotatable bonds is 7. The van der Waals surface area contributed by atoms with Crippen LogP contribution in [0.15, 0.2) is 47.4 Å². The molecule has 0 fully saturated rings. The molecule has 0 atom stereocenters. The lowest BCUT2D eigenvalue weighted by atomic mass is 9.94. The SMILES string of the molecule is CC(=O)Nc1ccc(S(=O)(=O)Nc2ccc(NC(=O)C(C)(C)CF)cc2)c(C)c1. The van der Waals surface area contributed by atoms with Crippen LogP contribution in [0, 0.1) is 12.3 Å². The molecule has 0 aromatic heterocycles. The van der Waals surface area contributed by atoms with Gasteiger partial charge in [-0.25, -0.2) is 12.8 Å². The number of hydrogen-bond donors (Lipinski definition) is 3. The molecule has 0 heterocycles. The number of halogens is 1. The summed E-state index contributed by atoms with van der Waals surface area (Å²) in [7, 11) is -3.85. The second-order valence-corrected chi connectivity index (χ2v) is 8.97. The van der Waals surface area contributed by atoms with Crippen LogP contribution in [0.1, 0.15) is 26.3 Å². The van der Waals surface area contributed by atoms with Crippen molar-refractivity contribution in [2.75, 3.05) is 22.0 Å². The van der Waals surface area contributed by atoms with Gasteiger partial charge in [-0.3, -0.25) is 14.3 Å². The Kier molecular flexibility index (Phi) is 6.63. The van der Waals surface area contributed by atoms with Crippen molar-refractivity contribution in [1.29, 1.82) is 0 Å². The van der Waals surface area contributed by atoms with Gasteiger partial charge in [0.15, 0.2) is 0 Å². The molecule has 2 amide bonds. The van der Waals surface area contributed by atoms with Crippen LogP contribution in [0.2, 0.25) is 0 Å². The highest BCUT2D eigenvalue weighted by Gasteiger charge is 2.27. The zero-order valence-corrected chi connectivity index (χ0v) is 17.5. The molecule has 0 spiro atoms. The Morgan fingerprint density at radius 3 is 2.03 bits per heavy atom. The van der Waals surface area contributed by atoms with Gasteiger partial charge >= 0.3 is 0 Å². The molecule has 0 aliphatic carbocycles. The molecule has 0 radical (unpaired) electrons. The van der Waals surface area contributed by atoms with Gasteiger partial charge in [-0.15, -0.1) is 0 Å². The summed E-state index contributed by atoms with van der Waals surface area (Å²) in [6.45, 7) is 5.18. The third-order valence-corrected chi connectivity index (χ3v) is 5.67. The van der Waals surface area contributed by atoms with E-state index >= 15 is 0 Å². The molecule has 0 aliphatic rings. The van der Waals surface area contributed by atoms with E-state index in [4.69, 9.17) is 0 Å². The van der Waals surface area contributed by atoms with Crippen LogP contribution in [-0.4, -0.2) is 26.9 Å².